The van der Waals surface area contributed by atoms with Crippen molar-refractivity contribution in [3.05, 3.63) is 12.2 Å². The van der Waals surface area contributed by atoms with Gasteiger partial charge in [-0.1, -0.05) is 19.1 Å². The van der Waals surface area contributed by atoms with Crippen LogP contribution < -0.4 is 0 Å². The van der Waals surface area contributed by atoms with Gasteiger partial charge >= 0.3 is 0 Å². The molecule has 0 N–H and O–H groups in total. The fraction of sp³-hybridized carbons (Fsp3) is 0.750. The third-order valence-corrected chi connectivity index (χ3v) is 4.13. The first-order chi connectivity index (χ1) is 6.72. The number of fused-ring (bicyclic) bond motifs is 2. The Morgan fingerprint density at radius 2 is 2.36 bits per heavy atom. The molecule has 1 saturated carbocycles. The maximum atomic E-state index is 8.89. The Bertz CT molecular complexity index is 291. The second-order valence-electron chi connectivity index (χ2n) is 4.79. The topological polar surface area (TPSA) is 33.0 Å². The molecule has 76 valence electrons. The highest BCUT2D eigenvalue weighted by Gasteiger charge is 2.52. The number of hydrogen-bond acceptors (Lipinski definition) is 2. The molecule has 2 bridgehead atoms. The number of nitriles is 1. The fourth-order valence-corrected chi connectivity index (χ4v) is 3.20. The average Bonchev–Trinajstić information content (AvgIpc) is 2.70. The van der Waals surface area contributed by atoms with Crippen LogP contribution in [0.15, 0.2) is 12.2 Å². The van der Waals surface area contributed by atoms with E-state index in [2.05, 4.69) is 25.1 Å². The van der Waals surface area contributed by atoms with Crippen molar-refractivity contribution in [2.45, 2.75) is 19.8 Å². The summed E-state index contributed by atoms with van der Waals surface area (Å²) in [7, 11) is 1.75. The Morgan fingerprint density at radius 3 is 3.00 bits per heavy atom. The molecule has 0 saturated heterocycles. The average molecular weight is 191 g/mol. The number of methoxy groups -OCH3 is 1. The van der Waals surface area contributed by atoms with Gasteiger partial charge in [-0.3, -0.25) is 0 Å². The van der Waals surface area contributed by atoms with E-state index in [0.29, 0.717) is 24.2 Å². The smallest absolute Gasteiger partial charge is 0.0627 e. The first-order valence-corrected chi connectivity index (χ1v) is 5.26. The molecule has 4 atom stereocenters. The Morgan fingerprint density at radius 1 is 1.57 bits per heavy atom. The monoisotopic (exact) mass is 191 g/mol. The summed E-state index contributed by atoms with van der Waals surface area (Å²) >= 11 is 0. The van der Waals surface area contributed by atoms with E-state index in [1.165, 1.54) is 6.42 Å². The van der Waals surface area contributed by atoms with E-state index >= 15 is 0 Å². The second kappa shape index (κ2) is 3.40. The number of rotatable bonds is 3. The van der Waals surface area contributed by atoms with Gasteiger partial charge in [0.15, 0.2) is 0 Å². The van der Waals surface area contributed by atoms with Gasteiger partial charge in [-0.05, 0) is 29.6 Å². The molecule has 2 rings (SSSR count). The summed E-state index contributed by atoms with van der Waals surface area (Å²) in [6.45, 7) is 3.04. The minimum absolute atomic E-state index is 0.157. The third-order valence-electron chi connectivity index (χ3n) is 4.13. The van der Waals surface area contributed by atoms with Crippen molar-refractivity contribution < 1.29 is 4.74 Å². The summed E-state index contributed by atoms with van der Waals surface area (Å²) in [6, 6.07) is 2.33. The molecular weight excluding hydrogens is 174 g/mol. The van der Waals surface area contributed by atoms with Crippen molar-refractivity contribution in [3.63, 3.8) is 0 Å². The molecular formula is C12H17NO. The van der Waals surface area contributed by atoms with E-state index in [9.17, 15) is 0 Å². The van der Waals surface area contributed by atoms with E-state index in [0.717, 1.165) is 6.61 Å². The van der Waals surface area contributed by atoms with Crippen molar-refractivity contribution in [2.75, 3.05) is 13.7 Å². The quantitative estimate of drug-likeness (QED) is 0.642. The van der Waals surface area contributed by atoms with Crippen LogP contribution in [-0.2, 0) is 4.74 Å². The lowest BCUT2D eigenvalue weighted by Crippen LogP contribution is -2.34. The van der Waals surface area contributed by atoms with Crippen molar-refractivity contribution in [1.29, 1.82) is 5.26 Å². The first-order valence-electron chi connectivity index (χ1n) is 5.26. The van der Waals surface area contributed by atoms with E-state index in [1.54, 1.807) is 7.11 Å². The molecule has 2 aliphatic carbocycles. The highest BCUT2D eigenvalue weighted by molar-refractivity contribution is 5.19. The van der Waals surface area contributed by atoms with Crippen LogP contribution in [0.1, 0.15) is 19.8 Å². The maximum absolute atomic E-state index is 8.89. The lowest BCUT2D eigenvalue weighted by atomic mass is 9.68. The predicted molar refractivity (Wildman–Crippen MR) is 54.4 cm³/mol. The number of hydrogen-bond donors (Lipinski definition) is 0. The molecule has 2 heteroatoms. The van der Waals surface area contributed by atoms with E-state index < -0.39 is 0 Å². The molecule has 1 fully saturated rings. The molecule has 2 nitrogen and oxygen atoms in total. The summed E-state index contributed by atoms with van der Waals surface area (Å²) in [5.41, 5.74) is 0.157. The van der Waals surface area contributed by atoms with Crippen LogP contribution in [-0.4, -0.2) is 13.7 Å². The normalized spacial score (nSPS) is 44.2. The lowest BCUT2D eigenvalue weighted by molar-refractivity contribution is 0.0646. The highest BCUT2D eigenvalue weighted by Crippen LogP contribution is 2.57. The number of allylic oxidation sites excluding steroid dienone is 2. The molecule has 0 aliphatic heterocycles. The predicted octanol–water partition coefficient (Wildman–Crippen LogP) is 2.37. The van der Waals surface area contributed by atoms with Gasteiger partial charge in [0.1, 0.15) is 0 Å². The fourth-order valence-electron chi connectivity index (χ4n) is 3.20. The van der Waals surface area contributed by atoms with Crippen LogP contribution in [0.5, 0.6) is 0 Å². The van der Waals surface area contributed by atoms with Gasteiger partial charge in [0.25, 0.3) is 0 Å². The zero-order valence-electron chi connectivity index (χ0n) is 8.86. The molecule has 0 unspecified atom stereocenters. The zero-order valence-corrected chi connectivity index (χ0v) is 8.86. The van der Waals surface area contributed by atoms with E-state index in [4.69, 9.17) is 10.00 Å². The van der Waals surface area contributed by atoms with E-state index in [-0.39, 0.29) is 5.41 Å². The largest absolute Gasteiger partial charge is 0.384 e. The van der Waals surface area contributed by atoms with Gasteiger partial charge in [-0.15, -0.1) is 0 Å². The molecule has 0 aromatic rings. The minimum Gasteiger partial charge on any atom is -0.384 e. The van der Waals surface area contributed by atoms with Gasteiger partial charge < -0.3 is 4.74 Å². The van der Waals surface area contributed by atoms with Crippen molar-refractivity contribution in [2.24, 2.45) is 23.2 Å². The third kappa shape index (κ3) is 1.19. The molecule has 0 radical (unpaired) electrons. The molecule has 0 amide bonds. The van der Waals surface area contributed by atoms with Crippen molar-refractivity contribution >= 4 is 0 Å². The summed E-state index contributed by atoms with van der Waals surface area (Å²) in [5, 5.41) is 8.89. The van der Waals surface area contributed by atoms with Crippen molar-refractivity contribution in [1.82, 2.24) is 0 Å². The maximum Gasteiger partial charge on any atom is 0.0627 e. The van der Waals surface area contributed by atoms with Gasteiger partial charge in [0.05, 0.1) is 12.7 Å². The Labute approximate surface area is 85.6 Å². The Kier molecular flexibility index (Phi) is 2.36. The Hall–Kier alpha value is -0.810. The van der Waals surface area contributed by atoms with Crippen molar-refractivity contribution in [3.8, 4) is 6.07 Å². The number of ether oxygens (including phenoxy) is 1. The van der Waals surface area contributed by atoms with Crippen LogP contribution in [0.4, 0.5) is 0 Å². The molecule has 0 heterocycles. The summed E-state index contributed by atoms with van der Waals surface area (Å²) in [5.74, 6) is 1.80. The standard InChI is InChI=1S/C12H17NO/c1-12(5-6-13)10-4-3-9(7-10)11(12)8-14-2/h3-4,9-11H,5,7-8H2,1-2H3/t9-,10+,11+,12+/m1/s1. The Balaban J connectivity index is 2.22. The highest BCUT2D eigenvalue weighted by atomic mass is 16.5. The lowest BCUT2D eigenvalue weighted by Gasteiger charge is -2.36. The molecule has 2 aliphatic rings. The second-order valence-corrected chi connectivity index (χ2v) is 4.79. The van der Waals surface area contributed by atoms with Gasteiger partial charge in [0.2, 0.25) is 0 Å². The van der Waals surface area contributed by atoms with Crippen LogP contribution >= 0.6 is 0 Å². The van der Waals surface area contributed by atoms with Crippen LogP contribution in [0, 0.1) is 34.5 Å². The van der Waals surface area contributed by atoms with Crippen LogP contribution in [0.3, 0.4) is 0 Å². The summed E-state index contributed by atoms with van der Waals surface area (Å²) in [6.07, 6.45) is 6.50. The van der Waals surface area contributed by atoms with E-state index in [1.807, 2.05) is 0 Å². The number of nitrogens with zero attached hydrogens (tertiary/aromatic N) is 1. The van der Waals surface area contributed by atoms with Gasteiger partial charge in [0, 0.05) is 13.5 Å². The van der Waals surface area contributed by atoms with Gasteiger partial charge in [-0.25, -0.2) is 0 Å². The zero-order chi connectivity index (χ0) is 10.2. The van der Waals surface area contributed by atoms with Gasteiger partial charge in [-0.2, -0.15) is 5.26 Å². The van der Waals surface area contributed by atoms with Crippen LogP contribution in [0.2, 0.25) is 0 Å². The molecule has 0 aromatic carbocycles. The molecule has 0 spiro atoms. The minimum atomic E-state index is 0.157. The molecule has 0 aromatic heterocycles. The van der Waals surface area contributed by atoms with Crippen LogP contribution in [0.25, 0.3) is 0 Å². The molecule has 14 heavy (non-hydrogen) atoms. The first kappa shape index (κ1) is 9.73. The summed E-state index contributed by atoms with van der Waals surface area (Å²) < 4.78 is 5.28. The SMILES string of the molecule is COC[C@H]1[C@@H]2C=C[C@@H](C2)[C@]1(C)CC#N. The summed E-state index contributed by atoms with van der Waals surface area (Å²) in [4.78, 5) is 0.